The number of fused-ring (bicyclic) bond motifs is 1. The third-order valence-corrected chi connectivity index (χ3v) is 5.87. The van der Waals surface area contributed by atoms with Gasteiger partial charge in [0.1, 0.15) is 11.4 Å². The minimum Gasteiger partial charge on any atom is -0.477 e. The fourth-order valence-corrected chi connectivity index (χ4v) is 4.12. The van der Waals surface area contributed by atoms with Crippen molar-refractivity contribution < 1.29 is 22.7 Å². The number of hydrogen-bond acceptors (Lipinski definition) is 4. The Balaban J connectivity index is 2.01. The molecule has 3 rings (SSSR count). The molecule has 2 aromatic heterocycles. The van der Waals surface area contributed by atoms with E-state index in [0.29, 0.717) is 21.3 Å². The Labute approximate surface area is 176 Å². The van der Waals surface area contributed by atoms with Crippen molar-refractivity contribution >= 4 is 27.5 Å². The summed E-state index contributed by atoms with van der Waals surface area (Å²) in [6.45, 7) is 8.39. The molecule has 0 saturated heterocycles. The number of rotatable bonds is 7. The first-order valence-corrected chi connectivity index (χ1v) is 10.1. The van der Waals surface area contributed by atoms with E-state index in [1.807, 2.05) is 0 Å². The molecular formula is C22H21F3N2O2S. The lowest BCUT2D eigenvalue weighted by atomic mass is 10.1. The monoisotopic (exact) mass is 434 g/mol. The zero-order valence-corrected chi connectivity index (χ0v) is 17.6. The molecule has 158 valence electrons. The lowest BCUT2D eigenvalue weighted by Crippen LogP contribution is -2.25. The Morgan fingerprint density at radius 1 is 1.33 bits per heavy atom. The normalized spacial score (nSPS) is 11.5. The Bertz CT molecular complexity index is 1130. The first-order chi connectivity index (χ1) is 14.1. The van der Waals surface area contributed by atoms with Crippen molar-refractivity contribution in [2.45, 2.75) is 33.2 Å². The fraction of sp³-hybridized carbons (Fsp3) is 0.273. The van der Waals surface area contributed by atoms with Gasteiger partial charge in [-0.3, -0.25) is 4.79 Å². The number of amides is 1. The van der Waals surface area contributed by atoms with Gasteiger partial charge in [-0.2, -0.15) is 8.78 Å². The molecule has 0 aliphatic rings. The molecule has 1 N–H and O–H groups in total. The number of hydrogen-bond donors (Lipinski definition) is 1. The third-order valence-electron chi connectivity index (χ3n) is 4.56. The van der Waals surface area contributed by atoms with Crippen LogP contribution in [0.4, 0.5) is 13.2 Å². The molecule has 1 aromatic carbocycles. The zero-order valence-electron chi connectivity index (χ0n) is 16.8. The van der Waals surface area contributed by atoms with E-state index >= 15 is 0 Å². The second-order valence-electron chi connectivity index (χ2n) is 6.84. The number of benzene rings is 1. The van der Waals surface area contributed by atoms with Gasteiger partial charge in [-0.05, 0) is 55.7 Å². The molecule has 0 aliphatic carbocycles. The highest BCUT2D eigenvalue weighted by atomic mass is 32.1. The summed E-state index contributed by atoms with van der Waals surface area (Å²) < 4.78 is 48.2. The summed E-state index contributed by atoms with van der Waals surface area (Å²) in [6, 6.07) is 7.18. The molecule has 0 unspecified atom stereocenters. The van der Waals surface area contributed by atoms with E-state index < -0.39 is 17.6 Å². The largest absolute Gasteiger partial charge is 0.477 e. The second-order valence-corrected chi connectivity index (χ2v) is 7.89. The number of nitrogens with one attached hydrogen (secondary N) is 1. The molecule has 0 fully saturated rings. The van der Waals surface area contributed by atoms with E-state index in [1.165, 1.54) is 25.1 Å². The van der Waals surface area contributed by atoms with Crippen LogP contribution in [0.2, 0.25) is 0 Å². The number of halogens is 3. The number of nitrogens with zero attached hydrogens (tertiary/aromatic N) is 1. The molecule has 3 aromatic rings. The van der Waals surface area contributed by atoms with Crippen molar-refractivity contribution in [2.75, 3.05) is 6.61 Å². The molecule has 0 radical (unpaired) electrons. The first kappa shape index (κ1) is 21.8. The molecule has 8 heteroatoms. The molecule has 0 atom stereocenters. The predicted octanol–water partition coefficient (Wildman–Crippen LogP) is 5.74. The molecule has 0 bridgehead atoms. The average Bonchev–Trinajstić information content (AvgIpc) is 3.12. The van der Waals surface area contributed by atoms with Crippen molar-refractivity contribution in [1.82, 2.24) is 10.3 Å². The first-order valence-electron chi connectivity index (χ1n) is 9.29. The average molecular weight is 434 g/mol. The smallest absolute Gasteiger partial charge is 0.303 e. The molecule has 4 nitrogen and oxygen atoms in total. The SMILES string of the molecule is C=C(C)C(F)(F)c1cc2nc(OCC)c(C(=O)NCc3cccc(F)c3)c(C)c2s1. The van der Waals surface area contributed by atoms with Gasteiger partial charge in [0.05, 0.1) is 21.7 Å². The summed E-state index contributed by atoms with van der Waals surface area (Å²) in [5.41, 5.74) is 1.32. The second kappa shape index (κ2) is 8.47. The fourth-order valence-electron chi connectivity index (χ4n) is 2.96. The summed E-state index contributed by atoms with van der Waals surface area (Å²) in [4.78, 5) is 17.0. The van der Waals surface area contributed by atoms with Crippen LogP contribution in [0.15, 0.2) is 42.5 Å². The minimum absolute atomic E-state index is 0.0715. The van der Waals surface area contributed by atoms with Gasteiger partial charge < -0.3 is 10.1 Å². The summed E-state index contributed by atoms with van der Waals surface area (Å²) in [7, 11) is 0. The molecule has 0 saturated carbocycles. The minimum atomic E-state index is -3.19. The van der Waals surface area contributed by atoms with Crippen molar-refractivity contribution in [3.63, 3.8) is 0 Å². The quantitative estimate of drug-likeness (QED) is 0.483. The van der Waals surface area contributed by atoms with Crippen molar-refractivity contribution in [1.29, 1.82) is 0 Å². The molecule has 0 aliphatic heterocycles. The van der Waals surface area contributed by atoms with Crippen LogP contribution in [0.3, 0.4) is 0 Å². The van der Waals surface area contributed by atoms with E-state index in [0.717, 1.165) is 11.3 Å². The van der Waals surface area contributed by atoms with Gasteiger partial charge in [-0.25, -0.2) is 9.37 Å². The number of pyridine rings is 1. The van der Waals surface area contributed by atoms with E-state index in [1.54, 1.807) is 26.0 Å². The number of carbonyl (C=O) groups excluding carboxylic acids is 1. The van der Waals surface area contributed by atoms with Crippen LogP contribution < -0.4 is 10.1 Å². The number of aromatic nitrogens is 1. The van der Waals surface area contributed by atoms with E-state index in [9.17, 15) is 18.0 Å². The van der Waals surface area contributed by atoms with Gasteiger partial charge in [-0.15, -0.1) is 11.3 Å². The highest BCUT2D eigenvalue weighted by molar-refractivity contribution is 7.19. The highest BCUT2D eigenvalue weighted by Crippen LogP contribution is 2.43. The third kappa shape index (κ3) is 4.18. The topological polar surface area (TPSA) is 51.2 Å². The van der Waals surface area contributed by atoms with Crippen molar-refractivity contribution in [3.8, 4) is 5.88 Å². The number of carbonyl (C=O) groups is 1. The van der Waals surface area contributed by atoms with Gasteiger partial charge in [0.15, 0.2) is 0 Å². The van der Waals surface area contributed by atoms with Crippen LogP contribution in [0.5, 0.6) is 5.88 Å². The van der Waals surface area contributed by atoms with Crippen LogP contribution in [0.1, 0.15) is 40.2 Å². The maximum atomic E-state index is 14.4. The lowest BCUT2D eigenvalue weighted by Gasteiger charge is -2.13. The number of aryl methyl sites for hydroxylation is 1. The van der Waals surface area contributed by atoms with Crippen molar-refractivity contribution in [2.24, 2.45) is 0 Å². The van der Waals surface area contributed by atoms with Gasteiger partial charge in [-0.1, -0.05) is 18.7 Å². The molecular weight excluding hydrogens is 413 g/mol. The predicted molar refractivity (Wildman–Crippen MR) is 112 cm³/mol. The van der Waals surface area contributed by atoms with E-state index in [4.69, 9.17) is 4.74 Å². The molecule has 2 heterocycles. The van der Waals surface area contributed by atoms with Crippen molar-refractivity contribution in [3.05, 3.63) is 69.9 Å². The maximum Gasteiger partial charge on any atom is 0.303 e. The maximum absolute atomic E-state index is 14.4. The number of ether oxygens (including phenoxy) is 1. The van der Waals surface area contributed by atoms with Gasteiger partial charge in [0, 0.05) is 6.54 Å². The number of allylic oxidation sites excluding steroid dienone is 1. The number of thiophene rings is 1. The van der Waals surface area contributed by atoms with E-state index in [2.05, 4.69) is 16.9 Å². The van der Waals surface area contributed by atoms with Crippen LogP contribution in [-0.2, 0) is 12.5 Å². The molecule has 30 heavy (non-hydrogen) atoms. The summed E-state index contributed by atoms with van der Waals surface area (Å²) in [5, 5.41) is 2.72. The van der Waals surface area contributed by atoms with Gasteiger partial charge in [0.25, 0.3) is 5.91 Å². The Kier molecular flexibility index (Phi) is 6.17. The van der Waals surface area contributed by atoms with Crippen LogP contribution >= 0.6 is 11.3 Å². The Morgan fingerprint density at radius 3 is 2.70 bits per heavy atom. The van der Waals surface area contributed by atoms with Gasteiger partial charge >= 0.3 is 5.92 Å². The van der Waals surface area contributed by atoms with Crippen LogP contribution in [0, 0.1) is 12.7 Å². The Hall–Kier alpha value is -2.87. The standard InChI is InChI=1S/C22H21F3N2O2S/c1-5-29-21-18(20(28)26-11-14-7-6-8-15(23)9-14)13(4)19-16(27-21)10-17(30-19)22(24,25)12(2)3/h6-10H,2,5,11H2,1,3-4H3,(H,26,28). The number of alkyl halides is 2. The highest BCUT2D eigenvalue weighted by Gasteiger charge is 2.35. The van der Waals surface area contributed by atoms with E-state index in [-0.39, 0.29) is 35.0 Å². The lowest BCUT2D eigenvalue weighted by molar-refractivity contribution is 0.0427. The molecule has 1 amide bonds. The van der Waals surface area contributed by atoms with Crippen LogP contribution in [-0.4, -0.2) is 17.5 Å². The Morgan fingerprint density at radius 2 is 2.07 bits per heavy atom. The van der Waals surface area contributed by atoms with Crippen LogP contribution in [0.25, 0.3) is 10.2 Å². The summed E-state index contributed by atoms with van der Waals surface area (Å²) >= 11 is 0.875. The summed E-state index contributed by atoms with van der Waals surface area (Å²) in [5.74, 6) is -4.00. The summed E-state index contributed by atoms with van der Waals surface area (Å²) in [6.07, 6.45) is 0. The molecule has 0 spiro atoms. The van der Waals surface area contributed by atoms with Gasteiger partial charge in [0.2, 0.25) is 5.88 Å². The zero-order chi connectivity index (χ0) is 22.1.